The minimum atomic E-state index is -0.488. The normalized spacial score (nSPS) is 37.8. The quantitative estimate of drug-likeness (QED) is 0.842. The van der Waals surface area contributed by atoms with Crippen LogP contribution in [0.4, 0.5) is 0 Å². The van der Waals surface area contributed by atoms with Crippen LogP contribution in [0.3, 0.4) is 0 Å². The summed E-state index contributed by atoms with van der Waals surface area (Å²) < 4.78 is 0. The lowest BCUT2D eigenvalue weighted by Gasteiger charge is -2.44. The number of amides is 1. The lowest BCUT2D eigenvalue weighted by atomic mass is 9.64. The number of hydrogen-bond acceptors (Lipinski definition) is 4. The number of aliphatic hydroxyl groups excluding tert-OH is 1. The molecule has 3 fully saturated rings. The number of carbonyl (C=O) groups is 2. The molecule has 2 aliphatic carbocycles. The molecule has 0 unspecified atom stereocenters. The number of aliphatic hydroxyl groups is 1. The minimum absolute atomic E-state index is 0.164. The Morgan fingerprint density at radius 2 is 1.77 bits per heavy atom. The van der Waals surface area contributed by atoms with Gasteiger partial charge in [-0.1, -0.05) is 20.8 Å². The number of nitrogens with zero attached hydrogens (tertiary/aromatic N) is 2. The maximum Gasteiger partial charge on any atom is 0.229 e. The van der Waals surface area contributed by atoms with Crippen LogP contribution in [-0.2, 0) is 9.59 Å². The highest BCUT2D eigenvalue weighted by molar-refractivity contribution is 5.99. The summed E-state index contributed by atoms with van der Waals surface area (Å²) in [7, 11) is 0. The molecule has 5 nitrogen and oxygen atoms in total. The zero-order chi connectivity index (χ0) is 16.2. The van der Waals surface area contributed by atoms with Crippen molar-refractivity contribution in [1.29, 1.82) is 0 Å². The van der Waals surface area contributed by atoms with Gasteiger partial charge in [-0.2, -0.15) is 0 Å². The van der Waals surface area contributed by atoms with Crippen LogP contribution in [0, 0.1) is 16.2 Å². The van der Waals surface area contributed by atoms with E-state index in [2.05, 4.69) is 25.7 Å². The van der Waals surface area contributed by atoms with E-state index in [1.165, 1.54) is 0 Å². The van der Waals surface area contributed by atoms with Crippen LogP contribution in [0.5, 0.6) is 0 Å². The average Bonchev–Trinajstić information content (AvgIpc) is 2.78. The van der Waals surface area contributed by atoms with Gasteiger partial charge in [0.25, 0.3) is 0 Å². The number of ketones is 1. The van der Waals surface area contributed by atoms with E-state index in [1.54, 1.807) is 0 Å². The van der Waals surface area contributed by atoms with Crippen LogP contribution < -0.4 is 0 Å². The van der Waals surface area contributed by atoms with Crippen LogP contribution in [-0.4, -0.2) is 65.9 Å². The van der Waals surface area contributed by atoms with E-state index >= 15 is 0 Å². The van der Waals surface area contributed by atoms with Gasteiger partial charge in [-0.15, -0.1) is 0 Å². The number of piperazine rings is 1. The van der Waals surface area contributed by atoms with Crippen molar-refractivity contribution < 1.29 is 14.7 Å². The first-order valence-electron chi connectivity index (χ1n) is 8.44. The second kappa shape index (κ2) is 5.03. The fraction of sp³-hybridized carbons (Fsp3) is 0.882. The molecule has 0 aromatic heterocycles. The van der Waals surface area contributed by atoms with Crippen molar-refractivity contribution in [3.8, 4) is 0 Å². The molecule has 124 valence electrons. The predicted molar refractivity (Wildman–Crippen MR) is 83.3 cm³/mol. The summed E-state index contributed by atoms with van der Waals surface area (Å²) in [5, 5.41) is 9.02. The first-order valence-corrected chi connectivity index (χ1v) is 8.44. The second-order valence-electron chi connectivity index (χ2n) is 8.00. The van der Waals surface area contributed by atoms with Gasteiger partial charge in [-0.25, -0.2) is 0 Å². The van der Waals surface area contributed by atoms with Crippen LogP contribution in [0.1, 0.15) is 40.0 Å². The van der Waals surface area contributed by atoms with Crippen LogP contribution in [0.25, 0.3) is 0 Å². The van der Waals surface area contributed by atoms with Gasteiger partial charge < -0.3 is 10.0 Å². The smallest absolute Gasteiger partial charge is 0.229 e. The summed E-state index contributed by atoms with van der Waals surface area (Å²) in [6.45, 7) is 10.2. The Hall–Kier alpha value is -0.940. The Morgan fingerprint density at radius 1 is 1.14 bits per heavy atom. The van der Waals surface area contributed by atoms with Crippen molar-refractivity contribution in [2.75, 3.05) is 39.3 Å². The van der Waals surface area contributed by atoms with E-state index in [-0.39, 0.29) is 29.1 Å². The summed E-state index contributed by atoms with van der Waals surface area (Å²) in [5.74, 6) is 0.465. The van der Waals surface area contributed by atoms with E-state index in [0.717, 1.165) is 25.9 Å². The van der Waals surface area contributed by atoms with Crippen molar-refractivity contribution in [3.63, 3.8) is 0 Å². The summed E-state index contributed by atoms with van der Waals surface area (Å²) in [5.41, 5.74) is -1.07. The number of β-amino-alcohol motifs (C(OH)–C–C–N with tert-alkyl or cyclic N) is 1. The SMILES string of the molecule is CC1(C)[C@@]2(C(=O)N3CCN(CCO)CC3)CC[C@]1(C)C(=O)C2. The summed E-state index contributed by atoms with van der Waals surface area (Å²) in [6.07, 6.45) is 2.11. The number of carbonyl (C=O) groups excluding carboxylic acids is 2. The Morgan fingerprint density at radius 3 is 2.23 bits per heavy atom. The summed E-state index contributed by atoms with van der Waals surface area (Å²) in [4.78, 5) is 29.9. The monoisotopic (exact) mass is 308 g/mol. The molecule has 2 saturated carbocycles. The molecule has 0 radical (unpaired) electrons. The third-order valence-corrected chi connectivity index (χ3v) is 7.19. The largest absolute Gasteiger partial charge is 0.395 e. The minimum Gasteiger partial charge on any atom is -0.395 e. The molecule has 3 rings (SSSR count). The molecular formula is C17H28N2O3. The van der Waals surface area contributed by atoms with E-state index in [1.807, 2.05) is 4.90 Å². The predicted octanol–water partition coefficient (Wildman–Crippen LogP) is 0.908. The Bertz CT molecular complexity index is 496. The highest BCUT2D eigenvalue weighted by Gasteiger charge is 2.73. The van der Waals surface area contributed by atoms with E-state index in [0.29, 0.717) is 26.1 Å². The third-order valence-electron chi connectivity index (χ3n) is 7.19. The first kappa shape index (κ1) is 15.9. The molecule has 0 aromatic carbocycles. The van der Waals surface area contributed by atoms with Crippen molar-refractivity contribution in [1.82, 2.24) is 9.80 Å². The highest BCUT2D eigenvalue weighted by Crippen LogP contribution is 2.71. The number of hydrogen-bond donors (Lipinski definition) is 1. The molecule has 5 heteroatoms. The molecular weight excluding hydrogens is 280 g/mol. The van der Waals surface area contributed by atoms with Gasteiger partial charge in [-0.05, 0) is 18.3 Å². The Labute approximate surface area is 132 Å². The molecule has 0 aromatic rings. The molecule has 1 amide bonds. The molecule has 2 bridgehead atoms. The molecule has 0 spiro atoms. The molecule has 1 saturated heterocycles. The maximum absolute atomic E-state index is 13.3. The van der Waals surface area contributed by atoms with Gasteiger partial charge in [-0.3, -0.25) is 14.5 Å². The van der Waals surface area contributed by atoms with E-state index < -0.39 is 5.41 Å². The zero-order valence-electron chi connectivity index (χ0n) is 14.0. The topological polar surface area (TPSA) is 60.9 Å². The van der Waals surface area contributed by atoms with Crippen LogP contribution >= 0.6 is 0 Å². The van der Waals surface area contributed by atoms with Crippen molar-refractivity contribution >= 4 is 11.7 Å². The summed E-state index contributed by atoms with van der Waals surface area (Å²) >= 11 is 0. The lowest BCUT2D eigenvalue weighted by Crippen LogP contribution is -2.55. The zero-order valence-corrected chi connectivity index (χ0v) is 14.0. The maximum atomic E-state index is 13.3. The molecule has 1 N–H and O–H groups in total. The molecule has 2 atom stereocenters. The van der Waals surface area contributed by atoms with Gasteiger partial charge in [0.05, 0.1) is 12.0 Å². The van der Waals surface area contributed by atoms with E-state index in [4.69, 9.17) is 5.11 Å². The first-order chi connectivity index (χ1) is 10.3. The molecule has 22 heavy (non-hydrogen) atoms. The molecule has 3 aliphatic rings. The van der Waals surface area contributed by atoms with Crippen LogP contribution in [0.15, 0.2) is 0 Å². The van der Waals surface area contributed by atoms with Crippen molar-refractivity contribution in [2.45, 2.75) is 40.0 Å². The number of fused-ring (bicyclic) bond motifs is 2. The average molecular weight is 308 g/mol. The lowest BCUT2D eigenvalue weighted by molar-refractivity contribution is -0.149. The fourth-order valence-electron chi connectivity index (χ4n) is 4.95. The number of rotatable bonds is 3. The Balaban J connectivity index is 1.77. The van der Waals surface area contributed by atoms with Gasteiger partial charge in [0.15, 0.2) is 0 Å². The van der Waals surface area contributed by atoms with Gasteiger partial charge in [0, 0.05) is 44.6 Å². The standard InChI is InChI=1S/C17H28N2O3/c1-15(2)16(3)4-5-17(15,12-13(16)21)14(22)19-8-6-18(7-9-19)10-11-20/h20H,4-12H2,1-3H3/t16-,17+/m1/s1. The molecule has 1 heterocycles. The second-order valence-corrected chi connectivity index (χ2v) is 8.00. The fourth-order valence-corrected chi connectivity index (χ4v) is 4.95. The third kappa shape index (κ3) is 1.84. The van der Waals surface area contributed by atoms with Crippen molar-refractivity contribution in [2.24, 2.45) is 16.2 Å². The van der Waals surface area contributed by atoms with Gasteiger partial charge in [0.1, 0.15) is 5.78 Å². The highest BCUT2D eigenvalue weighted by atomic mass is 16.3. The summed E-state index contributed by atoms with van der Waals surface area (Å²) in [6, 6.07) is 0. The molecule has 1 aliphatic heterocycles. The van der Waals surface area contributed by atoms with Gasteiger partial charge in [0.2, 0.25) is 5.91 Å². The van der Waals surface area contributed by atoms with Crippen LogP contribution in [0.2, 0.25) is 0 Å². The Kier molecular flexibility index (Phi) is 3.64. The number of Topliss-reactive ketones (excluding diaryl/α,β-unsaturated/α-hetero) is 1. The van der Waals surface area contributed by atoms with E-state index in [9.17, 15) is 9.59 Å². The van der Waals surface area contributed by atoms with Crippen molar-refractivity contribution in [3.05, 3.63) is 0 Å². The van der Waals surface area contributed by atoms with Gasteiger partial charge >= 0.3 is 0 Å².